The fraction of sp³-hybridized carbons (Fsp3) is 0.308. The molecule has 0 heterocycles. The molecule has 0 aliphatic carbocycles. The highest BCUT2D eigenvalue weighted by atomic mass is 16.5. The molecule has 1 aromatic carbocycles. The lowest BCUT2D eigenvalue weighted by Gasteiger charge is -2.08. The molecular formula is C13H16N2O5. The minimum atomic E-state index is -1.08. The second kappa shape index (κ2) is 7.78. The highest BCUT2D eigenvalue weighted by Gasteiger charge is 2.09. The second-order valence-electron chi connectivity index (χ2n) is 3.93. The van der Waals surface area contributed by atoms with E-state index in [9.17, 15) is 14.4 Å². The monoisotopic (exact) mass is 280 g/mol. The van der Waals surface area contributed by atoms with Crippen molar-refractivity contribution < 1.29 is 24.2 Å². The zero-order valence-electron chi connectivity index (χ0n) is 11.0. The largest absolute Gasteiger partial charge is 0.484 e. The summed E-state index contributed by atoms with van der Waals surface area (Å²) in [7, 11) is 0. The topological polar surface area (TPSA) is 105 Å². The van der Waals surface area contributed by atoms with Crippen molar-refractivity contribution in [2.24, 2.45) is 0 Å². The van der Waals surface area contributed by atoms with Gasteiger partial charge in [0.1, 0.15) is 5.75 Å². The number of carboxylic acids is 1. The van der Waals surface area contributed by atoms with Crippen molar-refractivity contribution in [3.05, 3.63) is 29.8 Å². The first-order chi connectivity index (χ1) is 9.52. The fourth-order valence-corrected chi connectivity index (χ4v) is 1.31. The van der Waals surface area contributed by atoms with Crippen LogP contribution in [0.2, 0.25) is 0 Å². The Morgan fingerprint density at radius 2 is 2.05 bits per heavy atom. The van der Waals surface area contributed by atoms with Crippen molar-refractivity contribution in [2.45, 2.75) is 13.3 Å². The number of nitrogens with one attached hydrogen (secondary N) is 2. The average Bonchev–Trinajstić information content (AvgIpc) is 2.43. The van der Waals surface area contributed by atoms with Crippen molar-refractivity contribution in [3.63, 3.8) is 0 Å². The van der Waals surface area contributed by atoms with E-state index < -0.39 is 17.9 Å². The number of aromatic carboxylic acids is 1. The van der Waals surface area contributed by atoms with Crippen molar-refractivity contribution in [2.75, 3.05) is 13.2 Å². The van der Waals surface area contributed by atoms with E-state index in [0.29, 0.717) is 6.54 Å². The Labute approximate surface area is 115 Å². The van der Waals surface area contributed by atoms with Crippen LogP contribution in [0.1, 0.15) is 23.7 Å². The molecule has 108 valence electrons. The predicted molar refractivity (Wildman–Crippen MR) is 70.7 cm³/mol. The number of rotatable bonds is 6. The number of ether oxygens (including phenoxy) is 1. The van der Waals surface area contributed by atoms with E-state index in [1.807, 2.05) is 6.92 Å². The molecule has 0 atom stereocenters. The predicted octanol–water partition coefficient (Wildman–Crippen LogP) is 0.999. The number of hydrogen-bond donors (Lipinski definition) is 3. The zero-order valence-corrected chi connectivity index (χ0v) is 11.0. The molecule has 0 aliphatic rings. The first-order valence-electron chi connectivity index (χ1n) is 6.06. The third kappa shape index (κ3) is 5.38. The molecule has 7 nitrogen and oxygen atoms in total. The van der Waals surface area contributed by atoms with Crippen molar-refractivity contribution in [1.82, 2.24) is 10.6 Å². The Morgan fingerprint density at radius 3 is 2.70 bits per heavy atom. The minimum absolute atomic E-state index is 0.0589. The zero-order chi connectivity index (χ0) is 15.0. The van der Waals surface area contributed by atoms with Gasteiger partial charge in [0.2, 0.25) is 0 Å². The smallest absolute Gasteiger partial charge is 0.335 e. The lowest BCUT2D eigenvalue weighted by atomic mass is 10.2. The number of carbonyl (C=O) groups excluding carboxylic acids is 2. The second-order valence-corrected chi connectivity index (χ2v) is 3.93. The van der Waals surface area contributed by atoms with E-state index in [0.717, 1.165) is 6.42 Å². The van der Waals surface area contributed by atoms with Gasteiger partial charge in [-0.3, -0.25) is 10.1 Å². The lowest BCUT2D eigenvalue weighted by Crippen LogP contribution is -2.41. The average molecular weight is 280 g/mol. The Bertz CT molecular complexity index is 501. The van der Waals surface area contributed by atoms with Gasteiger partial charge < -0.3 is 15.2 Å². The highest BCUT2D eigenvalue weighted by molar-refractivity contribution is 5.95. The number of hydrogen-bond acceptors (Lipinski definition) is 4. The van der Waals surface area contributed by atoms with Gasteiger partial charge in [-0.15, -0.1) is 0 Å². The summed E-state index contributed by atoms with van der Waals surface area (Å²) < 4.78 is 5.11. The molecule has 0 aliphatic heterocycles. The van der Waals surface area contributed by atoms with Crippen LogP contribution in [0.25, 0.3) is 0 Å². The Hall–Kier alpha value is -2.57. The molecule has 1 rings (SSSR count). The molecule has 20 heavy (non-hydrogen) atoms. The lowest BCUT2D eigenvalue weighted by molar-refractivity contribution is -0.122. The summed E-state index contributed by atoms with van der Waals surface area (Å²) in [6.07, 6.45) is 0.764. The van der Waals surface area contributed by atoms with Gasteiger partial charge in [0.25, 0.3) is 5.91 Å². The summed E-state index contributed by atoms with van der Waals surface area (Å²) in [5.41, 5.74) is 0.0589. The van der Waals surface area contributed by atoms with Crippen molar-refractivity contribution in [3.8, 4) is 5.75 Å². The van der Waals surface area contributed by atoms with Crippen LogP contribution in [0.15, 0.2) is 24.3 Å². The minimum Gasteiger partial charge on any atom is -0.484 e. The molecule has 0 saturated carbocycles. The maximum atomic E-state index is 11.4. The molecule has 7 heteroatoms. The summed E-state index contributed by atoms with van der Waals surface area (Å²) in [5.74, 6) is -1.45. The van der Waals surface area contributed by atoms with Crippen LogP contribution in [0, 0.1) is 0 Å². The van der Waals surface area contributed by atoms with Gasteiger partial charge in [0.05, 0.1) is 5.56 Å². The molecule has 3 N–H and O–H groups in total. The summed E-state index contributed by atoms with van der Waals surface area (Å²) in [4.78, 5) is 33.3. The van der Waals surface area contributed by atoms with Gasteiger partial charge in [-0.2, -0.15) is 0 Å². The van der Waals surface area contributed by atoms with Crippen LogP contribution in [-0.2, 0) is 4.79 Å². The van der Waals surface area contributed by atoms with E-state index in [2.05, 4.69) is 10.6 Å². The maximum absolute atomic E-state index is 11.4. The first kappa shape index (κ1) is 15.5. The Morgan fingerprint density at radius 1 is 1.30 bits per heavy atom. The molecule has 0 fully saturated rings. The number of urea groups is 1. The van der Waals surface area contributed by atoms with Crippen LogP contribution in [-0.4, -0.2) is 36.2 Å². The number of amides is 3. The summed E-state index contributed by atoms with van der Waals surface area (Å²) >= 11 is 0. The van der Waals surface area contributed by atoms with E-state index >= 15 is 0 Å². The molecule has 3 amide bonds. The molecule has 0 saturated heterocycles. The van der Waals surface area contributed by atoms with Gasteiger partial charge in [0, 0.05) is 6.54 Å². The first-order valence-corrected chi connectivity index (χ1v) is 6.06. The number of imide groups is 1. The highest BCUT2D eigenvalue weighted by Crippen LogP contribution is 2.12. The molecule has 0 bridgehead atoms. The molecule has 0 aromatic heterocycles. The third-order valence-electron chi connectivity index (χ3n) is 2.24. The van der Waals surface area contributed by atoms with E-state index in [1.165, 1.54) is 24.3 Å². The Balaban J connectivity index is 2.43. The third-order valence-corrected chi connectivity index (χ3v) is 2.24. The van der Waals surface area contributed by atoms with Crippen LogP contribution in [0.3, 0.4) is 0 Å². The SMILES string of the molecule is CCCNC(=O)NC(=O)COc1cccc(C(=O)O)c1. The molecular weight excluding hydrogens is 264 g/mol. The summed E-state index contributed by atoms with van der Waals surface area (Å²) in [5, 5.41) is 13.4. The number of carboxylic acid groups (broad SMARTS) is 1. The normalized spacial score (nSPS) is 9.65. The van der Waals surface area contributed by atoms with Gasteiger partial charge >= 0.3 is 12.0 Å². The molecule has 0 spiro atoms. The van der Waals surface area contributed by atoms with Crippen LogP contribution in [0.4, 0.5) is 4.79 Å². The maximum Gasteiger partial charge on any atom is 0.335 e. The van der Waals surface area contributed by atoms with Gasteiger partial charge in [-0.1, -0.05) is 13.0 Å². The number of carbonyl (C=O) groups is 3. The quantitative estimate of drug-likeness (QED) is 0.721. The van der Waals surface area contributed by atoms with Crippen molar-refractivity contribution in [1.29, 1.82) is 0 Å². The van der Waals surface area contributed by atoms with Gasteiger partial charge in [-0.05, 0) is 24.6 Å². The van der Waals surface area contributed by atoms with E-state index in [4.69, 9.17) is 9.84 Å². The standard InChI is InChI=1S/C13H16N2O5/c1-2-6-14-13(19)15-11(16)8-20-10-5-3-4-9(7-10)12(17)18/h3-5,7H,2,6,8H2,1H3,(H,17,18)(H2,14,15,16,19). The fourth-order valence-electron chi connectivity index (χ4n) is 1.31. The molecule has 0 unspecified atom stereocenters. The van der Waals surface area contributed by atoms with Gasteiger partial charge in [0.15, 0.2) is 6.61 Å². The van der Waals surface area contributed by atoms with Crippen LogP contribution >= 0.6 is 0 Å². The van der Waals surface area contributed by atoms with Gasteiger partial charge in [-0.25, -0.2) is 9.59 Å². The molecule has 1 aromatic rings. The summed E-state index contributed by atoms with van der Waals surface area (Å²) in [6.45, 7) is 1.99. The van der Waals surface area contributed by atoms with E-state index in [1.54, 1.807) is 0 Å². The van der Waals surface area contributed by atoms with E-state index in [-0.39, 0.29) is 17.9 Å². The summed E-state index contributed by atoms with van der Waals surface area (Å²) in [6, 6.07) is 5.15. The number of benzene rings is 1. The van der Waals surface area contributed by atoms with Crippen LogP contribution < -0.4 is 15.4 Å². The van der Waals surface area contributed by atoms with Crippen LogP contribution in [0.5, 0.6) is 5.75 Å². The molecule has 0 radical (unpaired) electrons. The van der Waals surface area contributed by atoms with Crippen molar-refractivity contribution >= 4 is 17.9 Å². The Kier molecular flexibility index (Phi) is 6.02.